The Balaban J connectivity index is 1.83. The summed E-state index contributed by atoms with van der Waals surface area (Å²) >= 11 is 0. The van der Waals surface area contributed by atoms with Crippen LogP contribution in [-0.4, -0.2) is 29.2 Å². The lowest BCUT2D eigenvalue weighted by molar-refractivity contribution is -0.125. The normalized spacial score (nSPS) is 19.2. The maximum Gasteiger partial charge on any atom is 0.262 e. The second kappa shape index (κ2) is 5.46. The van der Waals surface area contributed by atoms with Crippen molar-refractivity contribution in [2.75, 3.05) is 0 Å². The summed E-state index contributed by atoms with van der Waals surface area (Å²) in [5, 5.41) is 15.0. The van der Waals surface area contributed by atoms with Crippen molar-refractivity contribution in [2.24, 2.45) is 5.10 Å². The number of nitrogens with zero attached hydrogens (tertiary/aromatic N) is 1. The van der Waals surface area contributed by atoms with E-state index in [0.717, 1.165) is 0 Å². The minimum absolute atomic E-state index is 0.127. The molecule has 1 atom stereocenters. The molecule has 2 heterocycles. The molecule has 2 amide bonds. The van der Waals surface area contributed by atoms with Gasteiger partial charge in [-0.15, -0.1) is 0 Å². The van der Waals surface area contributed by atoms with Crippen molar-refractivity contribution in [2.45, 2.75) is 25.5 Å². The molecular weight excluding hydrogens is 238 g/mol. The quantitative estimate of drug-likeness (QED) is 0.495. The molecule has 7 heteroatoms. The fourth-order valence-corrected chi connectivity index (χ4v) is 1.60. The molecule has 2 rings (SSSR count). The minimum atomic E-state index is -0.515. The van der Waals surface area contributed by atoms with E-state index in [9.17, 15) is 9.59 Å². The van der Waals surface area contributed by atoms with Crippen LogP contribution in [0.3, 0.4) is 0 Å². The lowest BCUT2D eigenvalue weighted by Gasteiger charge is -2.06. The third kappa shape index (κ3) is 2.95. The first-order valence-corrected chi connectivity index (χ1v) is 5.51. The van der Waals surface area contributed by atoms with E-state index in [4.69, 9.17) is 9.52 Å². The zero-order chi connectivity index (χ0) is 13.0. The third-order valence-corrected chi connectivity index (χ3v) is 2.52. The standard InChI is InChI=1S/C11H13N3O4/c15-6-8-2-1-7(18-8)5-12-14-11(17)9-3-4-10(16)13-9/h1-2,5,9,15H,3-4,6H2,(H,13,16)(H,14,17)/b12-5+/t9-/m0/s1. The first-order chi connectivity index (χ1) is 8.69. The van der Waals surface area contributed by atoms with Gasteiger partial charge in [0.2, 0.25) is 5.91 Å². The van der Waals surface area contributed by atoms with Crippen molar-refractivity contribution in [1.82, 2.24) is 10.7 Å². The highest BCUT2D eigenvalue weighted by Crippen LogP contribution is 2.06. The van der Waals surface area contributed by atoms with Crippen LogP contribution in [0, 0.1) is 0 Å². The van der Waals surface area contributed by atoms with Crippen LogP contribution in [0.1, 0.15) is 24.4 Å². The Hall–Kier alpha value is -2.15. The highest BCUT2D eigenvalue weighted by Gasteiger charge is 2.26. The number of hydrazone groups is 1. The number of hydrogen-bond acceptors (Lipinski definition) is 5. The number of carbonyl (C=O) groups excluding carboxylic acids is 2. The van der Waals surface area contributed by atoms with Crippen molar-refractivity contribution in [1.29, 1.82) is 0 Å². The van der Waals surface area contributed by atoms with Crippen molar-refractivity contribution in [3.05, 3.63) is 23.7 Å². The molecule has 18 heavy (non-hydrogen) atoms. The van der Waals surface area contributed by atoms with Gasteiger partial charge in [-0.05, 0) is 18.6 Å². The van der Waals surface area contributed by atoms with Gasteiger partial charge in [0.05, 0.1) is 6.21 Å². The fraction of sp³-hybridized carbons (Fsp3) is 0.364. The molecule has 0 saturated carbocycles. The van der Waals surface area contributed by atoms with Crippen LogP contribution >= 0.6 is 0 Å². The maximum absolute atomic E-state index is 11.5. The topological polar surface area (TPSA) is 104 Å². The Morgan fingerprint density at radius 2 is 2.50 bits per heavy atom. The van der Waals surface area contributed by atoms with Crippen molar-refractivity contribution in [3.63, 3.8) is 0 Å². The van der Waals surface area contributed by atoms with Gasteiger partial charge in [-0.3, -0.25) is 9.59 Å². The predicted octanol–water partition coefficient (Wildman–Crippen LogP) is -0.499. The molecule has 1 aromatic rings. The smallest absolute Gasteiger partial charge is 0.262 e. The number of amides is 2. The number of aliphatic hydroxyl groups is 1. The molecule has 0 radical (unpaired) electrons. The Kier molecular flexibility index (Phi) is 3.73. The molecule has 0 aliphatic carbocycles. The van der Waals surface area contributed by atoms with Gasteiger partial charge in [0.15, 0.2) is 0 Å². The zero-order valence-corrected chi connectivity index (χ0v) is 9.55. The van der Waals surface area contributed by atoms with Gasteiger partial charge in [-0.1, -0.05) is 0 Å². The summed E-state index contributed by atoms with van der Waals surface area (Å²) in [6, 6.07) is 2.72. The van der Waals surface area contributed by atoms with E-state index in [-0.39, 0.29) is 18.4 Å². The van der Waals surface area contributed by atoms with Crippen LogP contribution < -0.4 is 10.7 Å². The molecule has 1 aliphatic rings. The van der Waals surface area contributed by atoms with Gasteiger partial charge in [-0.25, -0.2) is 5.43 Å². The first kappa shape index (κ1) is 12.3. The minimum Gasteiger partial charge on any atom is -0.458 e. The average Bonchev–Trinajstić information content (AvgIpc) is 2.98. The number of furan rings is 1. The first-order valence-electron chi connectivity index (χ1n) is 5.51. The highest BCUT2D eigenvalue weighted by atomic mass is 16.4. The summed E-state index contributed by atoms with van der Waals surface area (Å²) in [7, 11) is 0. The summed E-state index contributed by atoms with van der Waals surface area (Å²) < 4.78 is 5.14. The van der Waals surface area contributed by atoms with E-state index in [0.29, 0.717) is 24.4 Å². The fourth-order valence-electron chi connectivity index (χ4n) is 1.60. The maximum atomic E-state index is 11.5. The average molecular weight is 251 g/mol. The molecule has 96 valence electrons. The van der Waals surface area contributed by atoms with Crippen LogP contribution in [0.25, 0.3) is 0 Å². The number of carbonyl (C=O) groups is 2. The summed E-state index contributed by atoms with van der Waals surface area (Å²) in [6.07, 6.45) is 2.17. The molecule has 0 unspecified atom stereocenters. The molecule has 1 aromatic heterocycles. The Morgan fingerprint density at radius 1 is 1.67 bits per heavy atom. The van der Waals surface area contributed by atoms with E-state index in [1.807, 2.05) is 0 Å². The van der Waals surface area contributed by atoms with E-state index < -0.39 is 6.04 Å². The molecule has 0 aromatic carbocycles. The molecule has 7 nitrogen and oxygen atoms in total. The van der Waals surface area contributed by atoms with Crippen LogP contribution in [0.5, 0.6) is 0 Å². The van der Waals surface area contributed by atoms with Gasteiger partial charge in [0.25, 0.3) is 5.91 Å². The Morgan fingerprint density at radius 3 is 3.11 bits per heavy atom. The van der Waals surface area contributed by atoms with Gasteiger partial charge in [0.1, 0.15) is 24.2 Å². The molecule has 0 spiro atoms. The van der Waals surface area contributed by atoms with Crippen LogP contribution in [-0.2, 0) is 16.2 Å². The monoisotopic (exact) mass is 251 g/mol. The lowest BCUT2D eigenvalue weighted by Crippen LogP contribution is -2.39. The van der Waals surface area contributed by atoms with Crippen molar-refractivity contribution < 1.29 is 19.1 Å². The summed E-state index contributed by atoms with van der Waals surface area (Å²) in [5.41, 5.74) is 2.31. The third-order valence-electron chi connectivity index (χ3n) is 2.52. The van der Waals surface area contributed by atoms with Crippen LogP contribution in [0.15, 0.2) is 21.7 Å². The molecule has 3 N–H and O–H groups in total. The SMILES string of the molecule is O=C1CC[C@@H](C(=O)N/N=C/c2ccc(CO)o2)N1. The zero-order valence-electron chi connectivity index (χ0n) is 9.55. The predicted molar refractivity (Wildman–Crippen MR) is 61.5 cm³/mol. The molecule has 1 fully saturated rings. The second-order valence-corrected chi connectivity index (χ2v) is 3.86. The summed E-state index contributed by atoms with van der Waals surface area (Å²) in [4.78, 5) is 22.5. The van der Waals surface area contributed by atoms with Gasteiger partial charge < -0.3 is 14.8 Å². The van der Waals surface area contributed by atoms with Gasteiger partial charge >= 0.3 is 0 Å². The Bertz CT molecular complexity index is 480. The number of rotatable bonds is 4. The molecule has 0 bridgehead atoms. The van der Waals surface area contributed by atoms with Crippen LogP contribution in [0.4, 0.5) is 0 Å². The summed E-state index contributed by atoms with van der Waals surface area (Å²) in [5.74, 6) is 0.365. The van der Waals surface area contributed by atoms with Gasteiger partial charge in [0, 0.05) is 6.42 Å². The highest BCUT2D eigenvalue weighted by molar-refractivity contribution is 5.91. The van der Waals surface area contributed by atoms with E-state index in [1.54, 1.807) is 12.1 Å². The number of nitrogens with one attached hydrogen (secondary N) is 2. The summed E-state index contributed by atoms with van der Waals surface area (Å²) in [6.45, 7) is -0.186. The van der Waals surface area contributed by atoms with Crippen LogP contribution in [0.2, 0.25) is 0 Å². The van der Waals surface area contributed by atoms with Crippen molar-refractivity contribution >= 4 is 18.0 Å². The largest absolute Gasteiger partial charge is 0.458 e. The van der Waals surface area contributed by atoms with E-state index in [1.165, 1.54) is 6.21 Å². The van der Waals surface area contributed by atoms with E-state index in [2.05, 4.69) is 15.8 Å². The second-order valence-electron chi connectivity index (χ2n) is 3.86. The molecular formula is C11H13N3O4. The van der Waals surface area contributed by atoms with Crippen molar-refractivity contribution in [3.8, 4) is 0 Å². The molecule has 1 aliphatic heterocycles. The Labute approximate surface area is 103 Å². The number of hydrogen-bond donors (Lipinski definition) is 3. The number of aliphatic hydroxyl groups excluding tert-OH is 1. The van der Waals surface area contributed by atoms with E-state index >= 15 is 0 Å². The molecule has 1 saturated heterocycles. The lowest BCUT2D eigenvalue weighted by atomic mass is 10.2. The van der Waals surface area contributed by atoms with Gasteiger partial charge in [-0.2, -0.15) is 5.10 Å².